The molecule has 0 saturated carbocycles. The van der Waals surface area contributed by atoms with Crippen molar-refractivity contribution in [1.82, 2.24) is 0 Å². The summed E-state index contributed by atoms with van der Waals surface area (Å²) >= 11 is 0. The molecule has 0 spiro atoms. The third kappa shape index (κ3) is 6.86. The highest BCUT2D eigenvalue weighted by molar-refractivity contribution is 5.77. The Morgan fingerprint density at radius 3 is 2.62 bits per heavy atom. The lowest BCUT2D eigenvalue weighted by Crippen LogP contribution is -2.11. The Labute approximate surface area is 96.0 Å². The van der Waals surface area contributed by atoms with Crippen LogP contribution < -0.4 is 5.73 Å². The summed E-state index contributed by atoms with van der Waals surface area (Å²) < 4.78 is 5.36. The van der Waals surface area contributed by atoms with E-state index >= 15 is 0 Å². The number of allylic oxidation sites excluding steroid dienone is 2. The number of ether oxygens (including phenoxy) is 1. The van der Waals surface area contributed by atoms with E-state index in [1.54, 1.807) is 7.05 Å². The van der Waals surface area contributed by atoms with E-state index in [-0.39, 0.29) is 13.0 Å². The minimum absolute atomic E-state index is 0.0296. The molecule has 0 bridgehead atoms. The summed E-state index contributed by atoms with van der Waals surface area (Å²) in [6, 6.07) is 0. The van der Waals surface area contributed by atoms with Crippen LogP contribution in [0, 0.1) is 5.92 Å². The first-order chi connectivity index (χ1) is 7.47. The summed E-state index contributed by atoms with van der Waals surface area (Å²) in [5.74, 6) is 0.122. The molecule has 0 aromatic rings. The molecule has 92 valence electrons. The first-order valence-corrected chi connectivity index (χ1v) is 5.22. The second-order valence-electron chi connectivity index (χ2n) is 3.86. The van der Waals surface area contributed by atoms with Gasteiger partial charge in [0.1, 0.15) is 5.76 Å². The molecular weight excluding hydrogens is 208 g/mol. The van der Waals surface area contributed by atoms with Gasteiger partial charge < -0.3 is 15.6 Å². The van der Waals surface area contributed by atoms with Gasteiger partial charge in [-0.1, -0.05) is 13.8 Å². The fourth-order valence-electron chi connectivity index (χ4n) is 1.10. The fourth-order valence-corrected chi connectivity index (χ4v) is 1.10. The largest absolute Gasteiger partial charge is 0.495 e. The van der Waals surface area contributed by atoms with Crippen molar-refractivity contribution in [2.24, 2.45) is 16.6 Å². The van der Waals surface area contributed by atoms with E-state index in [4.69, 9.17) is 15.6 Å². The predicted molar refractivity (Wildman–Crippen MR) is 63.3 cm³/mol. The number of carboxylic acids is 1. The van der Waals surface area contributed by atoms with Crippen molar-refractivity contribution >= 4 is 12.2 Å². The number of hydrogen-bond acceptors (Lipinski definition) is 4. The molecule has 0 aromatic carbocycles. The third-order valence-corrected chi connectivity index (χ3v) is 1.78. The maximum atomic E-state index is 10.3. The van der Waals surface area contributed by atoms with Crippen LogP contribution in [0.2, 0.25) is 0 Å². The van der Waals surface area contributed by atoms with Gasteiger partial charge in [-0.15, -0.1) is 0 Å². The van der Waals surface area contributed by atoms with E-state index in [2.05, 4.69) is 4.99 Å². The number of rotatable bonds is 7. The van der Waals surface area contributed by atoms with Crippen LogP contribution in [-0.4, -0.2) is 30.9 Å². The summed E-state index contributed by atoms with van der Waals surface area (Å²) in [5, 5.41) is 8.50. The van der Waals surface area contributed by atoms with Gasteiger partial charge in [-0.25, -0.2) is 0 Å². The van der Waals surface area contributed by atoms with E-state index < -0.39 is 5.97 Å². The smallest absolute Gasteiger partial charge is 0.306 e. The van der Waals surface area contributed by atoms with Gasteiger partial charge in [-0.05, 0) is 5.92 Å². The average molecular weight is 228 g/mol. The van der Waals surface area contributed by atoms with Crippen LogP contribution in [0.25, 0.3) is 0 Å². The molecule has 0 aliphatic carbocycles. The Balaban J connectivity index is 4.43. The van der Waals surface area contributed by atoms with Crippen LogP contribution in [0.3, 0.4) is 0 Å². The molecule has 0 aromatic heterocycles. The standard InChI is InChI=1S/C11H20N2O3/c1-8(2)6-10(9(12)7-13-3)16-5-4-11(14)15/h7-8H,4-6,12H2,1-3H3,(H,14,15)/b10-9-,13-7-. The maximum Gasteiger partial charge on any atom is 0.306 e. The molecule has 0 heterocycles. The Hall–Kier alpha value is -1.52. The molecule has 0 amide bonds. The molecule has 0 aliphatic rings. The number of hydrogen-bond donors (Lipinski definition) is 2. The number of aliphatic carboxylic acids is 1. The molecule has 0 saturated heterocycles. The minimum atomic E-state index is -0.883. The third-order valence-electron chi connectivity index (χ3n) is 1.78. The monoisotopic (exact) mass is 228 g/mol. The summed E-state index contributed by atoms with van der Waals surface area (Å²) in [6.07, 6.45) is 2.16. The molecule has 0 fully saturated rings. The summed E-state index contributed by atoms with van der Waals surface area (Å²) in [7, 11) is 1.62. The normalized spacial score (nSPS) is 13.0. The van der Waals surface area contributed by atoms with Crippen molar-refractivity contribution in [3.05, 3.63) is 11.5 Å². The van der Waals surface area contributed by atoms with E-state index in [9.17, 15) is 4.79 Å². The van der Waals surface area contributed by atoms with Crippen molar-refractivity contribution in [2.45, 2.75) is 26.7 Å². The van der Waals surface area contributed by atoms with Crippen LogP contribution in [0.4, 0.5) is 0 Å². The quantitative estimate of drug-likeness (QED) is 0.509. The van der Waals surface area contributed by atoms with Gasteiger partial charge >= 0.3 is 5.97 Å². The predicted octanol–water partition coefficient (Wildman–Crippen LogP) is 1.39. The van der Waals surface area contributed by atoms with Gasteiger partial charge in [-0.2, -0.15) is 0 Å². The van der Waals surface area contributed by atoms with Crippen molar-refractivity contribution in [2.75, 3.05) is 13.7 Å². The summed E-state index contributed by atoms with van der Waals surface area (Å²) in [4.78, 5) is 14.1. The fraction of sp³-hybridized carbons (Fsp3) is 0.636. The zero-order valence-corrected chi connectivity index (χ0v) is 10.1. The second-order valence-corrected chi connectivity index (χ2v) is 3.86. The molecule has 3 N–H and O–H groups in total. The lowest BCUT2D eigenvalue weighted by molar-refractivity contribution is -0.137. The molecule has 0 rings (SSSR count). The number of carbonyl (C=O) groups is 1. The molecule has 5 nitrogen and oxygen atoms in total. The van der Waals surface area contributed by atoms with Crippen molar-refractivity contribution in [3.63, 3.8) is 0 Å². The van der Waals surface area contributed by atoms with Crippen LogP contribution in [0.1, 0.15) is 26.7 Å². The zero-order valence-electron chi connectivity index (χ0n) is 10.1. The van der Waals surface area contributed by atoms with Gasteiger partial charge in [0.2, 0.25) is 0 Å². The number of nitrogens with two attached hydrogens (primary N) is 1. The van der Waals surface area contributed by atoms with E-state index in [0.29, 0.717) is 23.8 Å². The summed E-state index contributed by atoms with van der Waals surface area (Å²) in [5.41, 5.74) is 6.21. The van der Waals surface area contributed by atoms with E-state index in [1.165, 1.54) is 6.21 Å². The highest BCUT2D eigenvalue weighted by Crippen LogP contribution is 2.14. The molecule has 16 heavy (non-hydrogen) atoms. The Bertz CT molecular complexity index is 283. The second kappa shape index (κ2) is 7.73. The number of aliphatic imine (C=N–C) groups is 1. The molecule has 0 atom stereocenters. The molecule has 0 unspecified atom stereocenters. The molecule has 0 radical (unpaired) electrons. The van der Waals surface area contributed by atoms with Crippen LogP contribution in [-0.2, 0) is 9.53 Å². The lowest BCUT2D eigenvalue weighted by atomic mass is 10.1. The van der Waals surface area contributed by atoms with E-state index in [0.717, 1.165) is 0 Å². The van der Waals surface area contributed by atoms with Crippen LogP contribution in [0.15, 0.2) is 16.4 Å². The highest BCUT2D eigenvalue weighted by atomic mass is 16.5. The van der Waals surface area contributed by atoms with Crippen LogP contribution >= 0.6 is 0 Å². The van der Waals surface area contributed by atoms with Gasteiger partial charge in [0, 0.05) is 19.7 Å². The number of nitrogens with zero attached hydrogens (tertiary/aromatic N) is 1. The first-order valence-electron chi connectivity index (χ1n) is 5.22. The van der Waals surface area contributed by atoms with Gasteiger partial charge in [0.05, 0.1) is 18.7 Å². The SMILES string of the molecule is C/N=C\C(N)=C(/CC(C)C)OCCC(=O)O. The molecule has 5 heteroatoms. The average Bonchev–Trinajstić information content (AvgIpc) is 2.15. The molecular formula is C11H20N2O3. The van der Waals surface area contributed by atoms with Gasteiger partial charge in [0.15, 0.2) is 0 Å². The minimum Gasteiger partial charge on any atom is -0.495 e. The van der Waals surface area contributed by atoms with Gasteiger partial charge in [0.25, 0.3) is 0 Å². The van der Waals surface area contributed by atoms with Crippen molar-refractivity contribution < 1.29 is 14.6 Å². The van der Waals surface area contributed by atoms with E-state index in [1.807, 2.05) is 13.8 Å². The van der Waals surface area contributed by atoms with Crippen molar-refractivity contribution in [3.8, 4) is 0 Å². The zero-order chi connectivity index (χ0) is 12.6. The lowest BCUT2D eigenvalue weighted by Gasteiger charge is -2.13. The first kappa shape index (κ1) is 14.5. The Kier molecular flexibility index (Phi) is 7.00. The number of carboxylic acid groups (broad SMARTS) is 1. The maximum absolute atomic E-state index is 10.3. The summed E-state index contributed by atoms with van der Waals surface area (Å²) in [6.45, 7) is 4.21. The molecule has 0 aliphatic heterocycles. The van der Waals surface area contributed by atoms with Crippen molar-refractivity contribution in [1.29, 1.82) is 0 Å². The Morgan fingerprint density at radius 2 is 2.19 bits per heavy atom. The highest BCUT2D eigenvalue weighted by Gasteiger charge is 2.08. The Morgan fingerprint density at radius 1 is 1.56 bits per heavy atom. The van der Waals surface area contributed by atoms with Crippen LogP contribution in [0.5, 0.6) is 0 Å². The van der Waals surface area contributed by atoms with Gasteiger partial charge in [-0.3, -0.25) is 9.79 Å². The topological polar surface area (TPSA) is 84.9 Å².